The summed E-state index contributed by atoms with van der Waals surface area (Å²) < 4.78 is 27.5. The van der Waals surface area contributed by atoms with Crippen LogP contribution in [0, 0.1) is 0 Å². The maximum atomic E-state index is 12.2. The lowest BCUT2D eigenvalue weighted by molar-refractivity contribution is -0.151. The monoisotopic (exact) mass is 369 g/mol. The zero-order valence-corrected chi connectivity index (χ0v) is 14.9. The molecule has 1 aliphatic heterocycles. The van der Waals surface area contributed by atoms with E-state index < -0.39 is 16.1 Å². The number of nitrogens with two attached hydrogens (primary N) is 1. The number of anilines is 1. The first-order chi connectivity index (χ1) is 11.8. The molecule has 0 saturated carbocycles. The average molecular weight is 369 g/mol. The Bertz CT molecular complexity index is 718. The predicted octanol–water partition coefficient (Wildman–Crippen LogP) is 0.690. The van der Waals surface area contributed by atoms with Crippen molar-refractivity contribution in [2.45, 2.75) is 37.1 Å². The fraction of sp³-hybridized carbons (Fsp3) is 0.500. The van der Waals surface area contributed by atoms with Crippen LogP contribution in [0.1, 0.15) is 26.2 Å². The fourth-order valence-electron chi connectivity index (χ4n) is 2.80. The van der Waals surface area contributed by atoms with Gasteiger partial charge in [0.25, 0.3) is 0 Å². The van der Waals surface area contributed by atoms with E-state index in [1.165, 1.54) is 24.3 Å². The molecule has 1 heterocycles. The highest BCUT2D eigenvalue weighted by atomic mass is 32.2. The third-order valence-electron chi connectivity index (χ3n) is 3.99. The molecule has 1 aliphatic rings. The van der Waals surface area contributed by atoms with Crippen molar-refractivity contribution in [2.75, 3.05) is 25.0 Å². The highest BCUT2D eigenvalue weighted by Crippen LogP contribution is 2.18. The lowest BCUT2D eigenvalue weighted by Crippen LogP contribution is -2.48. The van der Waals surface area contributed by atoms with Gasteiger partial charge in [0.05, 0.1) is 18.0 Å². The standard InChI is InChI=1S/C16H23N3O5S/c1-2-24-16(21)14-5-3-4-10-19(14)11-15(20)18-12-6-8-13(9-7-12)25(17,22)23/h6-9,14H,2-5,10-11H2,1H3,(H,18,20)(H2,17,22,23)/t14-/m0/s1. The molecule has 138 valence electrons. The number of carbonyl (C=O) groups excluding carboxylic acids is 2. The number of nitrogens with one attached hydrogen (secondary N) is 1. The lowest BCUT2D eigenvalue weighted by Gasteiger charge is -2.33. The van der Waals surface area contributed by atoms with Gasteiger partial charge in [-0.3, -0.25) is 14.5 Å². The SMILES string of the molecule is CCOC(=O)[C@@H]1CCCCN1CC(=O)Nc1ccc(S(N)(=O)=O)cc1. The minimum Gasteiger partial charge on any atom is -0.465 e. The van der Waals surface area contributed by atoms with Crippen molar-refractivity contribution in [1.29, 1.82) is 0 Å². The first kappa shape index (κ1) is 19.4. The van der Waals surface area contributed by atoms with Crippen LogP contribution in [0.15, 0.2) is 29.2 Å². The molecule has 1 aromatic rings. The topological polar surface area (TPSA) is 119 Å². The number of benzene rings is 1. The largest absolute Gasteiger partial charge is 0.465 e. The summed E-state index contributed by atoms with van der Waals surface area (Å²) in [5, 5.41) is 7.73. The van der Waals surface area contributed by atoms with Gasteiger partial charge in [-0.05, 0) is 50.6 Å². The summed E-state index contributed by atoms with van der Waals surface area (Å²) in [5.74, 6) is -0.577. The van der Waals surface area contributed by atoms with Gasteiger partial charge in [0.2, 0.25) is 15.9 Å². The van der Waals surface area contributed by atoms with Gasteiger partial charge in [-0.2, -0.15) is 0 Å². The van der Waals surface area contributed by atoms with Gasteiger partial charge in [0.15, 0.2) is 0 Å². The van der Waals surface area contributed by atoms with E-state index in [-0.39, 0.29) is 23.3 Å². The second kappa shape index (κ2) is 8.41. The number of rotatable bonds is 6. The van der Waals surface area contributed by atoms with E-state index in [9.17, 15) is 18.0 Å². The van der Waals surface area contributed by atoms with E-state index in [1.54, 1.807) is 6.92 Å². The minimum absolute atomic E-state index is 0.0242. The predicted molar refractivity (Wildman–Crippen MR) is 92.3 cm³/mol. The molecule has 25 heavy (non-hydrogen) atoms. The van der Waals surface area contributed by atoms with Crippen molar-refractivity contribution in [2.24, 2.45) is 5.14 Å². The molecule has 0 spiro atoms. The Morgan fingerprint density at radius 2 is 1.96 bits per heavy atom. The number of ether oxygens (including phenoxy) is 1. The van der Waals surface area contributed by atoms with Crippen LogP contribution in [0.25, 0.3) is 0 Å². The maximum Gasteiger partial charge on any atom is 0.323 e. The highest BCUT2D eigenvalue weighted by Gasteiger charge is 2.30. The normalized spacial score (nSPS) is 18.6. The van der Waals surface area contributed by atoms with Crippen molar-refractivity contribution in [3.05, 3.63) is 24.3 Å². The van der Waals surface area contributed by atoms with Crippen LogP contribution in [0.3, 0.4) is 0 Å². The van der Waals surface area contributed by atoms with Gasteiger partial charge >= 0.3 is 5.97 Å². The molecule has 3 N–H and O–H groups in total. The van der Waals surface area contributed by atoms with Crippen LogP contribution in [0.5, 0.6) is 0 Å². The molecule has 9 heteroatoms. The second-order valence-corrected chi connectivity index (χ2v) is 7.41. The molecule has 1 aromatic carbocycles. The van der Waals surface area contributed by atoms with E-state index >= 15 is 0 Å². The molecule has 1 saturated heterocycles. The van der Waals surface area contributed by atoms with E-state index in [0.717, 1.165) is 12.8 Å². The molecule has 0 radical (unpaired) electrons. The van der Waals surface area contributed by atoms with Crippen LogP contribution in [-0.2, 0) is 24.3 Å². The second-order valence-electron chi connectivity index (χ2n) is 5.85. The Hall–Kier alpha value is -1.97. The van der Waals surface area contributed by atoms with E-state index in [0.29, 0.717) is 25.3 Å². The number of carbonyl (C=O) groups is 2. The number of nitrogens with zero attached hydrogens (tertiary/aromatic N) is 1. The number of hydrogen-bond donors (Lipinski definition) is 2. The molecule has 1 amide bonds. The fourth-order valence-corrected chi connectivity index (χ4v) is 3.31. The minimum atomic E-state index is -3.77. The zero-order chi connectivity index (χ0) is 18.4. The zero-order valence-electron chi connectivity index (χ0n) is 14.1. The Morgan fingerprint density at radius 1 is 1.28 bits per heavy atom. The number of sulfonamides is 1. The van der Waals surface area contributed by atoms with Gasteiger partial charge in [-0.25, -0.2) is 13.6 Å². The van der Waals surface area contributed by atoms with Crippen molar-refractivity contribution >= 4 is 27.6 Å². The summed E-state index contributed by atoms with van der Waals surface area (Å²) in [4.78, 5) is 26.0. The first-order valence-electron chi connectivity index (χ1n) is 8.14. The Kier molecular flexibility index (Phi) is 6.51. The quantitative estimate of drug-likeness (QED) is 0.712. The molecule has 1 atom stereocenters. The van der Waals surface area contributed by atoms with Gasteiger partial charge in [0.1, 0.15) is 6.04 Å². The Morgan fingerprint density at radius 3 is 2.56 bits per heavy atom. The number of amides is 1. The smallest absolute Gasteiger partial charge is 0.323 e. The molecular formula is C16H23N3O5S. The van der Waals surface area contributed by atoms with Crippen LogP contribution >= 0.6 is 0 Å². The van der Waals surface area contributed by atoms with E-state index in [1.807, 2.05) is 4.90 Å². The third-order valence-corrected chi connectivity index (χ3v) is 4.91. The van der Waals surface area contributed by atoms with Gasteiger partial charge in [0, 0.05) is 5.69 Å². The number of primary sulfonamides is 1. The van der Waals surface area contributed by atoms with E-state index in [2.05, 4.69) is 5.32 Å². The molecule has 0 aromatic heterocycles. The van der Waals surface area contributed by atoms with Crippen molar-refractivity contribution in [1.82, 2.24) is 4.90 Å². The molecule has 0 aliphatic carbocycles. The van der Waals surface area contributed by atoms with Gasteiger partial charge in [-0.1, -0.05) is 6.42 Å². The number of esters is 1. The van der Waals surface area contributed by atoms with Crippen LogP contribution in [0.4, 0.5) is 5.69 Å². The number of likely N-dealkylation sites (tertiary alicyclic amines) is 1. The first-order valence-corrected chi connectivity index (χ1v) is 9.69. The Balaban J connectivity index is 1.97. The van der Waals surface area contributed by atoms with Crippen LogP contribution in [-0.4, -0.2) is 50.9 Å². The maximum absolute atomic E-state index is 12.2. The average Bonchev–Trinajstić information content (AvgIpc) is 2.55. The summed E-state index contributed by atoms with van der Waals surface area (Å²) in [6.07, 6.45) is 2.53. The molecule has 0 unspecified atom stereocenters. The summed E-state index contributed by atoms with van der Waals surface area (Å²) in [5.41, 5.74) is 0.460. The molecule has 1 fully saturated rings. The molecular weight excluding hydrogens is 346 g/mol. The van der Waals surface area contributed by atoms with Crippen LogP contribution in [0.2, 0.25) is 0 Å². The van der Waals surface area contributed by atoms with E-state index in [4.69, 9.17) is 9.88 Å². The van der Waals surface area contributed by atoms with Crippen molar-refractivity contribution in [3.63, 3.8) is 0 Å². The third kappa shape index (κ3) is 5.52. The summed E-state index contributed by atoms with van der Waals surface area (Å²) in [6.45, 7) is 2.79. The number of piperidine rings is 1. The van der Waals surface area contributed by atoms with Gasteiger partial charge < -0.3 is 10.1 Å². The van der Waals surface area contributed by atoms with Gasteiger partial charge in [-0.15, -0.1) is 0 Å². The summed E-state index contributed by atoms with van der Waals surface area (Å²) in [7, 11) is -3.77. The summed E-state index contributed by atoms with van der Waals surface area (Å²) in [6, 6.07) is 5.19. The molecule has 2 rings (SSSR count). The number of hydrogen-bond acceptors (Lipinski definition) is 6. The lowest BCUT2D eigenvalue weighted by atomic mass is 10.0. The molecule has 0 bridgehead atoms. The van der Waals surface area contributed by atoms with Crippen molar-refractivity contribution < 1.29 is 22.7 Å². The van der Waals surface area contributed by atoms with Crippen molar-refractivity contribution in [3.8, 4) is 0 Å². The van der Waals surface area contributed by atoms with Crippen LogP contribution < -0.4 is 10.5 Å². The highest BCUT2D eigenvalue weighted by molar-refractivity contribution is 7.89. The molecule has 8 nitrogen and oxygen atoms in total. The summed E-state index contributed by atoms with van der Waals surface area (Å²) >= 11 is 0. The Labute approximate surface area is 147 Å².